The van der Waals surface area contributed by atoms with Crippen molar-refractivity contribution in [1.29, 1.82) is 0 Å². The first-order valence-corrected chi connectivity index (χ1v) is 9.99. The Labute approximate surface area is 170 Å². The van der Waals surface area contributed by atoms with Crippen LogP contribution in [0.25, 0.3) is 11.0 Å². The van der Waals surface area contributed by atoms with Gasteiger partial charge in [-0.05, 0) is 44.2 Å². The van der Waals surface area contributed by atoms with Gasteiger partial charge in [-0.2, -0.15) is 0 Å². The summed E-state index contributed by atoms with van der Waals surface area (Å²) in [4.78, 5) is 23.6. The number of rotatable bonds is 5. The quantitative estimate of drug-likeness (QED) is 0.801. The maximum absolute atomic E-state index is 12.6. The van der Waals surface area contributed by atoms with Gasteiger partial charge in [-0.25, -0.2) is 9.78 Å². The number of carbonyl (C=O) groups is 1. The number of fused-ring (bicyclic) bond motifs is 1. The minimum atomic E-state index is -0.704. The van der Waals surface area contributed by atoms with Crippen LogP contribution in [0.2, 0.25) is 0 Å². The highest BCUT2D eigenvalue weighted by Crippen LogP contribution is 2.50. The fourth-order valence-electron chi connectivity index (χ4n) is 4.03. The molecular formula is C21H28N4O4. The molecule has 2 amide bonds. The van der Waals surface area contributed by atoms with Crippen molar-refractivity contribution in [3.8, 4) is 5.75 Å². The Kier molecular flexibility index (Phi) is 5.08. The van der Waals surface area contributed by atoms with Crippen molar-refractivity contribution in [3.05, 3.63) is 23.9 Å². The largest absolute Gasteiger partial charge is 0.494 e. The van der Waals surface area contributed by atoms with Crippen LogP contribution in [-0.4, -0.2) is 65.5 Å². The van der Waals surface area contributed by atoms with Crippen LogP contribution in [0.1, 0.15) is 38.2 Å². The van der Waals surface area contributed by atoms with Crippen molar-refractivity contribution < 1.29 is 19.4 Å². The second-order valence-electron chi connectivity index (χ2n) is 8.40. The van der Waals surface area contributed by atoms with Gasteiger partial charge in [-0.3, -0.25) is 10.3 Å². The summed E-state index contributed by atoms with van der Waals surface area (Å²) in [6.07, 6.45) is 4.82. The Morgan fingerprint density at radius 2 is 1.93 bits per heavy atom. The second kappa shape index (κ2) is 7.42. The molecule has 1 aromatic carbocycles. The zero-order valence-electron chi connectivity index (χ0n) is 17.2. The molecule has 1 aliphatic carbocycles. The van der Waals surface area contributed by atoms with E-state index in [2.05, 4.69) is 15.3 Å². The summed E-state index contributed by atoms with van der Waals surface area (Å²) in [5.41, 5.74) is 1.81. The van der Waals surface area contributed by atoms with E-state index in [0.717, 1.165) is 23.9 Å². The van der Waals surface area contributed by atoms with Crippen molar-refractivity contribution in [2.24, 2.45) is 0 Å². The average Bonchev–Trinajstić information content (AvgIpc) is 3.47. The number of nitrogens with one attached hydrogen (secondary N) is 1. The lowest BCUT2D eigenvalue weighted by Gasteiger charge is -2.35. The first-order chi connectivity index (χ1) is 13.9. The third-order valence-electron chi connectivity index (χ3n) is 6.09. The number of methoxy groups -OCH3 is 2. The van der Waals surface area contributed by atoms with Gasteiger partial charge in [0.15, 0.2) is 5.82 Å². The molecule has 2 heterocycles. The number of anilines is 1. The van der Waals surface area contributed by atoms with Crippen LogP contribution >= 0.6 is 0 Å². The third kappa shape index (κ3) is 3.86. The molecule has 2 N–H and O–H groups in total. The first kappa shape index (κ1) is 19.8. The lowest BCUT2D eigenvalue weighted by atomic mass is 9.94. The van der Waals surface area contributed by atoms with E-state index in [1.165, 1.54) is 0 Å². The predicted octanol–water partition coefficient (Wildman–Crippen LogP) is 2.70. The summed E-state index contributed by atoms with van der Waals surface area (Å²) < 4.78 is 10.9. The van der Waals surface area contributed by atoms with Crippen molar-refractivity contribution >= 4 is 22.9 Å². The molecule has 2 aliphatic rings. The van der Waals surface area contributed by atoms with Gasteiger partial charge in [-0.1, -0.05) is 6.07 Å². The smallest absolute Gasteiger partial charge is 0.323 e. The van der Waals surface area contributed by atoms with Gasteiger partial charge in [0, 0.05) is 25.6 Å². The van der Waals surface area contributed by atoms with Crippen molar-refractivity contribution in [3.63, 3.8) is 0 Å². The number of aromatic nitrogens is 2. The van der Waals surface area contributed by atoms with E-state index in [-0.39, 0.29) is 11.4 Å². The zero-order chi connectivity index (χ0) is 20.6. The van der Waals surface area contributed by atoms with E-state index in [9.17, 15) is 9.90 Å². The summed E-state index contributed by atoms with van der Waals surface area (Å²) in [6, 6.07) is 3.71. The lowest BCUT2D eigenvalue weighted by Crippen LogP contribution is -2.46. The van der Waals surface area contributed by atoms with Gasteiger partial charge in [0.25, 0.3) is 0 Å². The van der Waals surface area contributed by atoms with Gasteiger partial charge in [0.05, 0.1) is 31.0 Å². The molecule has 0 bridgehead atoms. The van der Waals surface area contributed by atoms with Gasteiger partial charge in [-0.15, -0.1) is 0 Å². The topological polar surface area (TPSA) is 96.8 Å². The fraction of sp³-hybridized carbons (Fsp3) is 0.571. The zero-order valence-corrected chi connectivity index (χ0v) is 17.2. The van der Waals surface area contributed by atoms with Gasteiger partial charge in [0.1, 0.15) is 11.3 Å². The minimum Gasteiger partial charge on any atom is -0.494 e. The molecule has 1 saturated heterocycles. The molecule has 2 fully saturated rings. The first-order valence-electron chi connectivity index (χ1n) is 9.99. The van der Waals surface area contributed by atoms with Gasteiger partial charge < -0.3 is 19.5 Å². The van der Waals surface area contributed by atoms with Crippen LogP contribution < -0.4 is 10.1 Å². The highest BCUT2D eigenvalue weighted by atomic mass is 16.5. The summed E-state index contributed by atoms with van der Waals surface area (Å²) in [6.45, 7) is 3.46. The molecule has 8 heteroatoms. The maximum Gasteiger partial charge on any atom is 0.323 e. The number of likely N-dealkylation sites (tertiary alicyclic amines) is 1. The Morgan fingerprint density at radius 1 is 1.21 bits per heavy atom. The fourth-order valence-corrected chi connectivity index (χ4v) is 4.03. The molecule has 8 nitrogen and oxygen atoms in total. The van der Waals surface area contributed by atoms with E-state index in [1.807, 2.05) is 12.1 Å². The number of hydrogen-bond donors (Lipinski definition) is 2. The summed E-state index contributed by atoms with van der Waals surface area (Å²) in [5.74, 6) is 1.00. The highest BCUT2D eigenvalue weighted by Gasteiger charge is 2.46. The average molecular weight is 400 g/mol. The lowest BCUT2D eigenvalue weighted by molar-refractivity contribution is 0.00569. The molecule has 156 valence electrons. The van der Waals surface area contributed by atoms with Crippen LogP contribution in [-0.2, 0) is 10.2 Å². The molecule has 0 spiro atoms. The Bertz CT molecular complexity index is 916. The number of nitrogens with zero attached hydrogens (tertiary/aromatic N) is 3. The van der Waals surface area contributed by atoms with Crippen LogP contribution in [0.15, 0.2) is 18.3 Å². The van der Waals surface area contributed by atoms with Crippen LogP contribution in [0.5, 0.6) is 5.75 Å². The molecule has 29 heavy (non-hydrogen) atoms. The number of carbonyl (C=O) groups excluding carboxylic acids is 1. The standard InChI is InChI=1S/C21H28N4O4/c1-20(27)8-10-25(11-9-20)19(26)24-16-12-22-17-14(21(6-7-21)13-28-2)4-5-15(29-3)18(17)23-16/h4-5,12,27H,6-11,13H2,1-3H3,(H,23,24,26). The molecule has 0 radical (unpaired) electrons. The van der Waals surface area contributed by atoms with E-state index < -0.39 is 5.60 Å². The Balaban J connectivity index is 1.60. The molecule has 1 aliphatic heterocycles. The summed E-state index contributed by atoms with van der Waals surface area (Å²) >= 11 is 0. The number of urea groups is 1. The molecule has 2 aromatic rings. The molecule has 1 aromatic heterocycles. The third-order valence-corrected chi connectivity index (χ3v) is 6.09. The van der Waals surface area contributed by atoms with Crippen molar-refractivity contribution in [2.75, 3.05) is 39.2 Å². The van der Waals surface area contributed by atoms with Gasteiger partial charge in [0.2, 0.25) is 0 Å². The van der Waals surface area contributed by atoms with Gasteiger partial charge >= 0.3 is 6.03 Å². The van der Waals surface area contributed by atoms with Crippen molar-refractivity contribution in [2.45, 2.75) is 43.6 Å². The van der Waals surface area contributed by atoms with E-state index in [0.29, 0.717) is 49.6 Å². The minimum absolute atomic E-state index is 0.0105. The number of amides is 2. The SMILES string of the molecule is COCC1(c2ccc(OC)c3nc(NC(=O)N4CCC(C)(O)CC4)cnc23)CC1. The summed E-state index contributed by atoms with van der Waals surface area (Å²) in [5, 5.41) is 12.9. The molecular weight excluding hydrogens is 372 g/mol. The van der Waals surface area contributed by atoms with Crippen molar-refractivity contribution in [1.82, 2.24) is 14.9 Å². The van der Waals surface area contributed by atoms with E-state index in [1.54, 1.807) is 32.2 Å². The highest BCUT2D eigenvalue weighted by molar-refractivity contribution is 5.91. The normalized spacial score (nSPS) is 19.8. The molecule has 1 saturated carbocycles. The Morgan fingerprint density at radius 3 is 2.55 bits per heavy atom. The number of piperidine rings is 1. The predicted molar refractivity (Wildman–Crippen MR) is 109 cm³/mol. The second-order valence-corrected chi connectivity index (χ2v) is 8.40. The van der Waals surface area contributed by atoms with Crippen LogP contribution in [0.3, 0.4) is 0 Å². The number of benzene rings is 1. The number of aliphatic hydroxyl groups is 1. The molecule has 4 rings (SSSR count). The molecule has 0 atom stereocenters. The Hall–Kier alpha value is -2.45. The monoisotopic (exact) mass is 400 g/mol. The maximum atomic E-state index is 12.6. The number of hydrogen-bond acceptors (Lipinski definition) is 6. The number of ether oxygens (including phenoxy) is 2. The molecule has 0 unspecified atom stereocenters. The van der Waals surface area contributed by atoms with E-state index >= 15 is 0 Å². The van der Waals surface area contributed by atoms with Crippen LogP contribution in [0, 0.1) is 0 Å². The van der Waals surface area contributed by atoms with E-state index in [4.69, 9.17) is 9.47 Å². The van der Waals surface area contributed by atoms with Crippen LogP contribution in [0.4, 0.5) is 10.6 Å². The summed E-state index contributed by atoms with van der Waals surface area (Å²) in [7, 11) is 3.31.